The number of ether oxygens (including phenoxy) is 1. The number of methoxy groups -OCH3 is 1. The van der Waals surface area contributed by atoms with Gasteiger partial charge in [0.1, 0.15) is 0 Å². The summed E-state index contributed by atoms with van der Waals surface area (Å²) in [6.45, 7) is 0. The Hall–Kier alpha value is -0.730. The zero-order valence-corrected chi connectivity index (χ0v) is 9.35. The summed E-state index contributed by atoms with van der Waals surface area (Å²) in [5.74, 6) is 1.17. The van der Waals surface area contributed by atoms with E-state index in [1.165, 1.54) is 0 Å². The van der Waals surface area contributed by atoms with Crippen LogP contribution in [0.4, 0.5) is 0 Å². The second-order valence-electron chi connectivity index (χ2n) is 2.63. The van der Waals surface area contributed by atoms with Crippen molar-refractivity contribution in [1.82, 2.24) is 4.98 Å². The van der Waals surface area contributed by atoms with Crippen LogP contribution in [0.1, 0.15) is 12.0 Å². The average molecular weight is 232 g/mol. The Morgan fingerprint density at radius 1 is 1.57 bits per heavy atom. The van der Waals surface area contributed by atoms with Gasteiger partial charge in [-0.1, -0.05) is 23.8 Å². The van der Waals surface area contributed by atoms with E-state index in [-0.39, 0.29) is 0 Å². The van der Waals surface area contributed by atoms with E-state index in [1.807, 2.05) is 12.2 Å². The van der Waals surface area contributed by atoms with Crippen molar-refractivity contribution >= 4 is 29.3 Å². The third-order valence-electron chi connectivity index (χ3n) is 1.61. The number of pyridine rings is 1. The van der Waals surface area contributed by atoms with Crippen molar-refractivity contribution < 1.29 is 4.74 Å². The minimum absolute atomic E-state index is 0.570. The van der Waals surface area contributed by atoms with Gasteiger partial charge in [0.05, 0.1) is 12.1 Å². The van der Waals surface area contributed by atoms with Crippen LogP contribution in [-0.4, -0.2) is 18.0 Å². The standard InChI is InChI=1S/C10H11Cl2NO/c1-14-10-8(4-2-3-5-11)6-9(12)7-13-10/h2,4,6-7H,3,5H2,1H3. The van der Waals surface area contributed by atoms with Crippen LogP contribution in [0, 0.1) is 0 Å². The molecule has 0 atom stereocenters. The number of halogens is 2. The summed E-state index contributed by atoms with van der Waals surface area (Å²) in [7, 11) is 1.58. The monoisotopic (exact) mass is 231 g/mol. The molecule has 1 rings (SSSR count). The van der Waals surface area contributed by atoms with Crippen LogP contribution in [0.3, 0.4) is 0 Å². The van der Waals surface area contributed by atoms with Crippen LogP contribution in [0.25, 0.3) is 6.08 Å². The maximum atomic E-state index is 5.81. The quantitative estimate of drug-likeness (QED) is 0.742. The fraction of sp³-hybridized carbons (Fsp3) is 0.300. The molecule has 0 bridgehead atoms. The molecule has 0 unspecified atom stereocenters. The smallest absolute Gasteiger partial charge is 0.220 e. The summed E-state index contributed by atoms with van der Waals surface area (Å²) in [4.78, 5) is 4.04. The lowest BCUT2D eigenvalue weighted by Gasteiger charge is -2.02. The van der Waals surface area contributed by atoms with E-state index in [0.717, 1.165) is 12.0 Å². The molecule has 1 aromatic heterocycles. The van der Waals surface area contributed by atoms with E-state index in [4.69, 9.17) is 27.9 Å². The first kappa shape index (κ1) is 11.3. The van der Waals surface area contributed by atoms with Crippen molar-refractivity contribution in [3.8, 4) is 5.88 Å². The highest BCUT2D eigenvalue weighted by atomic mass is 35.5. The summed E-state index contributed by atoms with van der Waals surface area (Å²) < 4.78 is 5.08. The maximum Gasteiger partial charge on any atom is 0.220 e. The van der Waals surface area contributed by atoms with E-state index >= 15 is 0 Å². The zero-order chi connectivity index (χ0) is 10.4. The Morgan fingerprint density at radius 3 is 3.00 bits per heavy atom. The van der Waals surface area contributed by atoms with Crippen LogP contribution in [0.15, 0.2) is 18.3 Å². The normalized spacial score (nSPS) is 10.8. The minimum atomic E-state index is 0.570. The summed E-state index contributed by atoms with van der Waals surface area (Å²) >= 11 is 11.4. The average Bonchev–Trinajstić information content (AvgIpc) is 2.19. The molecule has 0 aliphatic carbocycles. The molecule has 0 N–H and O–H groups in total. The third kappa shape index (κ3) is 3.20. The first-order valence-corrected chi connectivity index (χ1v) is 5.11. The van der Waals surface area contributed by atoms with Gasteiger partial charge in [-0.3, -0.25) is 0 Å². The highest BCUT2D eigenvalue weighted by Crippen LogP contribution is 2.20. The van der Waals surface area contributed by atoms with Crippen molar-refractivity contribution in [1.29, 1.82) is 0 Å². The Morgan fingerprint density at radius 2 is 2.36 bits per heavy atom. The van der Waals surface area contributed by atoms with Gasteiger partial charge in [-0.15, -0.1) is 11.6 Å². The van der Waals surface area contributed by atoms with Crippen LogP contribution in [0.2, 0.25) is 5.02 Å². The van der Waals surface area contributed by atoms with E-state index in [9.17, 15) is 0 Å². The van der Waals surface area contributed by atoms with Crippen molar-refractivity contribution in [3.63, 3.8) is 0 Å². The van der Waals surface area contributed by atoms with Gasteiger partial charge in [0.2, 0.25) is 5.88 Å². The molecular weight excluding hydrogens is 221 g/mol. The summed E-state index contributed by atoms with van der Waals surface area (Å²) in [5, 5.41) is 0.594. The topological polar surface area (TPSA) is 22.1 Å². The van der Waals surface area contributed by atoms with Crippen LogP contribution in [0.5, 0.6) is 5.88 Å². The molecule has 0 saturated heterocycles. The molecule has 0 spiro atoms. The fourth-order valence-electron chi connectivity index (χ4n) is 1.01. The lowest BCUT2D eigenvalue weighted by molar-refractivity contribution is 0.397. The first-order valence-electron chi connectivity index (χ1n) is 4.20. The molecule has 0 aliphatic rings. The Balaban J connectivity index is 2.87. The second kappa shape index (κ2) is 5.89. The van der Waals surface area contributed by atoms with Gasteiger partial charge in [0.25, 0.3) is 0 Å². The molecule has 2 nitrogen and oxygen atoms in total. The van der Waals surface area contributed by atoms with Crippen molar-refractivity contribution in [3.05, 3.63) is 28.9 Å². The Labute approximate surface area is 93.5 Å². The predicted molar refractivity (Wildman–Crippen MR) is 60.2 cm³/mol. The van der Waals surface area contributed by atoms with E-state index < -0.39 is 0 Å². The molecule has 1 aromatic rings. The SMILES string of the molecule is COc1ncc(Cl)cc1C=CCCCl. The predicted octanol–water partition coefficient (Wildman–Crippen LogP) is 3.39. The molecule has 0 amide bonds. The molecule has 0 aromatic carbocycles. The molecule has 0 radical (unpaired) electrons. The van der Waals surface area contributed by atoms with Gasteiger partial charge in [0.15, 0.2) is 0 Å². The van der Waals surface area contributed by atoms with Crippen LogP contribution >= 0.6 is 23.2 Å². The number of alkyl halides is 1. The Bertz CT molecular complexity index is 326. The highest BCUT2D eigenvalue weighted by Gasteiger charge is 2.01. The minimum Gasteiger partial charge on any atom is -0.481 e. The molecule has 4 heteroatoms. The largest absolute Gasteiger partial charge is 0.481 e. The third-order valence-corrected chi connectivity index (χ3v) is 2.04. The van der Waals surface area contributed by atoms with Gasteiger partial charge in [0, 0.05) is 17.6 Å². The molecule has 14 heavy (non-hydrogen) atoms. The number of hydrogen-bond donors (Lipinski definition) is 0. The van der Waals surface area contributed by atoms with Crippen molar-refractivity contribution in [2.24, 2.45) is 0 Å². The molecule has 0 fully saturated rings. The lowest BCUT2D eigenvalue weighted by Crippen LogP contribution is -1.90. The Kier molecular flexibility index (Phi) is 4.77. The van der Waals surface area contributed by atoms with Gasteiger partial charge in [-0.25, -0.2) is 4.98 Å². The number of nitrogens with zero attached hydrogens (tertiary/aromatic N) is 1. The summed E-state index contributed by atoms with van der Waals surface area (Å²) in [6.07, 6.45) is 6.24. The number of hydrogen-bond acceptors (Lipinski definition) is 2. The molecule has 76 valence electrons. The van der Waals surface area contributed by atoms with Crippen molar-refractivity contribution in [2.45, 2.75) is 6.42 Å². The van der Waals surface area contributed by atoms with E-state index in [1.54, 1.807) is 19.4 Å². The molecule has 0 aliphatic heterocycles. The number of allylic oxidation sites excluding steroid dienone is 1. The highest BCUT2D eigenvalue weighted by molar-refractivity contribution is 6.30. The van der Waals surface area contributed by atoms with Crippen LogP contribution < -0.4 is 4.74 Å². The number of rotatable bonds is 4. The van der Waals surface area contributed by atoms with E-state index in [0.29, 0.717) is 16.8 Å². The maximum absolute atomic E-state index is 5.81. The van der Waals surface area contributed by atoms with Gasteiger partial charge in [-0.2, -0.15) is 0 Å². The second-order valence-corrected chi connectivity index (χ2v) is 3.45. The first-order chi connectivity index (χ1) is 6.77. The summed E-state index contributed by atoms with van der Waals surface area (Å²) in [5.41, 5.74) is 0.866. The van der Waals surface area contributed by atoms with Gasteiger partial charge in [-0.05, 0) is 12.5 Å². The van der Waals surface area contributed by atoms with E-state index in [2.05, 4.69) is 4.98 Å². The van der Waals surface area contributed by atoms with Gasteiger partial charge >= 0.3 is 0 Å². The van der Waals surface area contributed by atoms with Crippen LogP contribution in [-0.2, 0) is 0 Å². The lowest BCUT2D eigenvalue weighted by atomic mass is 10.2. The molecule has 0 saturated carbocycles. The van der Waals surface area contributed by atoms with Crippen molar-refractivity contribution in [2.75, 3.05) is 13.0 Å². The molecule has 1 heterocycles. The number of aromatic nitrogens is 1. The zero-order valence-electron chi connectivity index (χ0n) is 7.84. The van der Waals surface area contributed by atoms with Gasteiger partial charge < -0.3 is 4.74 Å². The summed E-state index contributed by atoms with van der Waals surface area (Å²) in [6, 6.07) is 1.80. The molecular formula is C10H11Cl2NO. The fourth-order valence-corrected chi connectivity index (χ4v) is 1.30.